The summed E-state index contributed by atoms with van der Waals surface area (Å²) in [6.45, 7) is 5.81. The summed E-state index contributed by atoms with van der Waals surface area (Å²) in [5.74, 6) is 1.30. The van der Waals surface area contributed by atoms with Gasteiger partial charge in [0, 0.05) is 10.0 Å². The number of ether oxygens (including phenoxy) is 3. The molecule has 4 nitrogen and oxygen atoms in total. The fraction of sp³-hybridized carbons (Fsp3) is 0.571. The fourth-order valence-corrected chi connectivity index (χ4v) is 2.90. The predicted octanol–water partition coefficient (Wildman–Crippen LogP) is 2.85. The first kappa shape index (κ1) is 14.6. The van der Waals surface area contributed by atoms with Crippen molar-refractivity contribution in [1.82, 2.24) is 0 Å². The van der Waals surface area contributed by atoms with Gasteiger partial charge in [-0.25, -0.2) is 0 Å². The van der Waals surface area contributed by atoms with Crippen molar-refractivity contribution < 1.29 is 19.3 Å². The van der Waals surface area contributed by atoms with E-state index < -0.39 is 6.10 Å². The maximum Gasteiger partial charge on any atom is 0.167 e. The molecule has 5 heteroatoms. The molecule has 0 aromatic heterocycles. The van der Waals surface area contributed by atoms with Gasteiger partial charge in [0.2, 0.25) is 0 Å². The Morgan fingerprint density at radius 2 is 2.11 bits per heavy atom. The molecule has 1 aliphatic heterocycles. The van der Waals surface area contributed by atoms with Crippen molar-refractivity contribution >= 4 is 15.9 Å². The Bertz CT molecular complexity index is 448. The Balaban J connectivity index is 2.58. The molecular formula is C14H19BrO4. The van der Waals surface area contributed by atoms with Crippen LogP contribution in [0.1, 0.15) is 31.1 Å². The molecule has 19 heavy (non-hydrogen) atoms. The molecule has 0 saturated carbocycles. The van der Waals surface area contributed by atoms with Crippen molar-refractivity contribution in [2.75, 3.05) is 26.4 Å². The molecule has 0 amide bonds. The lowest BCUT2D eigenvalue weighted by atomic mass is 9.99. The Kier molecular flexibility index (Phi) is 5.07. The van der Waals surface area contributed by atoms with E-state index in [0.29, 0.717) is 31.3 Å². The quantitative estimate of drug-likeness (QED) is 0.922. The molecule has 0 saturated heterocycles. The lowest BCUT2D eigenvalue weighted by Crippen LogP contribution is -2.10. The van der Waals surface area contributed by atoms with E-state index >= 15 is 0 Å². The Hall–Kier alpha value is -0.780. The molecule has 0 bridgehead atoms. The van der Waals surface area contributed by atoms with Crippen molar-refractivity contribution in [3.8, 4) is 11.5 Å². The lowest BCUT2D eigenvalue weighted by molar-refractivity contribution is 0.0437. The van der Waals surface area contributed by atoms with Gasteiger partial charge in [-0.2, -0.15) is 0 Å². The van der Waals surface area contributed by atoms with E-state index in [1.54, 1.807) is 0 Å². The number of halogens is 1. The number of aliphatic hydroxyl groups is 1. The van der Waals surface area contributed by atoms with Gasteiger partial charge in [-0.05, 0) is 31.9 Å². The van der Waals surface area contributed by atoms with Crippen LogP contribution in [0.3, 0.4) is 0 Å². The number of fused-ring (bicyclic) bond motifs is 1. The summed E-state index contributed by atoms with van der Waals surface area (Å²) < 4.78 is 17.7. The molecule has 1 unspecified atom stereocenters. The van der Waals surface area contributed by atoms with E-state index in [0.717, 1.165) is 22.0 Å². The topological polar surface area (TPSA) is 47.9 Å². The second kappa shape index (κ2) is 6.59. The molecule has 0 aliphatic carbocycles. The molecule has 1 heterocycles. The van der Waals surface area contributed by atoms with Crippen molar-refractivity contribution in [2.45, 2.75) is 26.4 Å². The minimum absolute atomic E-state index is 0.287. The van der Waals surface area contributed by atoms with Crippen molar-refractivity contribution in [2.24, 2.45) is 0 Å². The highest BCUT2D eigenvalue weighted by Gasteiger charge is 2.26. The SMILES string of the molecule is CCOc1cc(Br)c2c(c1OCC)C(O)COCC2. The summed E-state index contributed by atoms with van der Waals surface area (Å²) in [7, 11) is 0. The van der Waals surface area contributed by atoms with Crippen molar-refractivity contribution in [3.63, 3.8) is 0 Å². The van der Waals surface area contributed by atoms with Crippen LogP contribution in [0.4, 0.5) is 0 Å². The first-order valence-corrected chi connectivity index (χ1v) is 7.35. The van der Waals surface area contributed by atoms with E-state index in [-0.39, 0.29) is 6.61 Å². The van der Waals surface area contributed by atoms with Crippen molar-refractivity contribution in [3.05, 3.63) is 21.7 Å². The van der Waals surface area contributed by atoms with E-state index in [9.17, 15) is 5.11 Å². The van der Waals surface area contributed by atoms with Gasteiger partial charge in [0.15, 0.2) is 11.5 Å². The van der Waals surface area contributed by atoms with Crippen LogP contribution in [-0.4, -0.2) is 31.5 Å². The van der Waals surface area contributed by atoms with Gasteiger partial charge in [-0.3, -0.25) is 0 Å². The number of hydrogen-bond donors (Lipinski definition) is 1. The van der Waals surface area contributed by atoms with Crippen LogP contribution < -0.4 is 9.47 Å². The Morgan fingerprint density at radius 3 is 2.79 bits per heavy atom. The van der Waals surface area contributed by atoms with Gasteiger partial charge in [-0.15, -0.1) is 0 Å². The molecule has 1 atom stereocenters. The average molecular weight is 331 g/mol. The van der Waals surface area contributed by atoms with Gasteiger partial charge < -0.3 is 19.3 Å². The maximum absolute atomic E-state index is 10.3. The third-order valence-electron chi connectivity index (χ3n) is 3.03. The molecule has 1 aromatic carbocycles. The largest absolute Gasteiger partial charge is 0.490 e. The Labute approximate surface area is 121 Å². The van der Waals surface area contributed by atoms with Gasteiger partial charge in [0.1, 0.15) is 6.10 Å². The fourth-order valence-electron chi connectivity index (χ4n) is 2.28. The molecule has 1 aromatic rings. The summed E-state index contributed by atoms with van der Waals surface area (Å²) in [6, 6.07) is 1.91. The number of rotatable bonds is 4. The second-order valence-corrected chi connectivity index (χ2v) is 5.14. The molecule has 0 radical (unpaired) electrons. The van der Waals surface area contributed by atoms with Crippen LogP contribution in [0.25, 0.3) is 0 Å². The minimum Gasteiger partial charge on any atom is -0.490 e. The average Bonchev–Trinajstić information content (AvgIpc) is 2.57. The molecule has 106 valence electrons. The normalized spacial score (nSPS) is 18.6. The number of hydrogen-bond acceptors (Lipinski definition) is 4. The van der Waals surface area contributed by atoms with Crippen LogP contribution >= 0.6 is 15.9 Å². The minimum atomic E-state index is -0.684. The van der Waals surface area contributed by atoms with Crippen LogP contribution in [0.2, 0.25) is 0 Å². The van der Waals surface area contributed by atoms with Crippen LogP contribution in [-0.2, 0) is 11.2 Å². The summed E-state index contributed by atoms with van der Waals surface area (Å²) in [5, 5.41) is 10.3. The number of aliphatic hydroxyl groups excluding tert-OH is 1. The van der Waals surface area contributed by atoms with E-state index in [1.165, 1.54) is 0 Å². The zero-order valence-electron chi connectivity index (χ0n) is 11.2. The summed E-state index contributed by atoms with van der Waals surface area (Å²) in [6.07, 6.45) is 0.0650. The zero-order chi connectivity index (χ0) is 13.8. The smallest absolute Gasteiger partial charge is 0.167 e. The monoisotopic (exact) mass is 330 g/mol. The number of benzene rings is 1. The molecule has 2 rings (SSSR count). The highest BCUT2D eigenvalue weighted by atomic mass is 79.9. The molecule has 1 N–H and O–H groups in total. The Morgan fingerprint density at radius 1 is 1.37 bits per heavy atom. The first-order valence-electron chi connectivity index (χ1n) is 6.55. The zero-order valence-corrected chi connectivity index (χ0v) is 12.8. The van der Waals surface area contributed by atoms with Crippen LogP contribution in [0.5, 0.6) is 11.5 Å². The predicted molar refractivity (Wildman–Crippen MR) is 76.0 cm³/mol. The summed E-state index contributed by atoms with van der Waals surface area (Å²) in [4.78, 5) is 0. The maximum atomic E-state index is 10.3. The molecule has 1 aliphatic rings. The molecule has 0 spiro atoms. The van der Waals surface area contributed by atoms with E-state index in [4.69, 9.17) is 14.2 Å². The highest BCUT2D eigenvalue weighted by molar-refractivity contribution is 9.10. The van der Waals surface area contributed by atoms with Gasteiger partial charge in [0.05, 0.1) is 26.4 Å². The highest BCUT2D eigenvalue weighted by Crippen LogP contribution is 2.43. The van der Waals surface area contributed by atoms with Crippen LogP contribution in [0.15, 0.2) is 10.5 Å². The van der Waals surface area contributed by atoms with E-state index in [2.05, 4.69) is 15.9 Å². The van der Waals surface area contributed by atoms with Crippen molar-refractivity contribution in [1.29, 1.82) is 0 Å². The molecule has 0 fully saturated rings. The van der Waals surface area contributed by atoms with Gasteiger partial charge >= 0.3 is 0 Å². The lowest BCUT2D eigenvalue weighted by Gasteiger charge is -2.21. The third kappa shape index (κ3) is 3.04. The summed E-state index contributed by atoms with van der Waals surface area (Å²) in [5.41, 5.74) is 1.83. The van der Waals surface area contributed by atoms with Crippen LogP contribution in [0, 0.1) is 0 Å². The standard InChI is InChI=1S/C14H19BrO4/c1-3-18-12-7-10(15)9-5-6-17-8-11(16)13(9)14(12)19-4-2/h7,11,16H,3-6,8H2,1-2H3. The van der Waals surface area contributed by atoms with Gasteiger partial charge in [0.25, 0.3) is 0 Å². The summed E-state index contributed by atoms with van der Waals surface area (Å²) >= 11 is 3.55. The first-order chi connectivity index (χ1) is 9.19. The van der Waals surface area contributed by atoms with Gasteiger partial charge in [-0.1, -0.05) is 15.9 Å². The third-order valence-corrected chi connectivity index (χ3v) is 3.74. The molecular weight excluding hydrogens is 312 g/mol. The van der Waals surface area contributed by atoms with E-state index in [1.807, 2.05) is 19.9 Å². The second-order valence-electron chi connectivity index (χ2n) is 4.28.